The lowest BCUT2D eigenvalue weighted by atomic mass is 10.2. The van der Waals surface area contributed by atoms with Crippen LogP contribution in [0, 0.1) is 0 Å². The highest BCUT2D eigenvalue weighted by molar-refractivity contribution is 5.86. The summed E-state index contributed by atoms with van der Waals surface area (Å²) in [5, 5.41) is 5.23. The van der Waals surface area contributed by atoms with Crippen LogP contribution in [0.5, 0.6) is 0 Å². The molecule has 0 fully saturated rings. The second-order valence-electron chi connectivity index (χ2n) is 3.73. The van der Waals surface area contributed by atoms with E-state index < -0.39 is 6.17 Å². The molecule has 0 aliphatic carbocycles. The van der Waals surface area contributed by atoms with E-state index >= 15 is 0 Å². The van der Waals surface area contributed by atoms with Gasteiger partial charge in [-0.3, -0.25) is 15.0 Å². The largest absolute Gasteiger partial charge is 0.349 e. The van der Waals surface area contributed by atoms with Crippen molar-refractivity contribution in [3.8, 4) is 0 Å². The zero-order valence-corrected chi connectivity index (χ0v) is 10.5. The zero-order valence-electron chi connectivity index (χ0n) is 10.5. The molecule has 1 aromatic carbocycles. The quantitative estimate of drug-likeness (QED) is 0.405. The summed E-state index contributed by atoms with van der Waals surface area (Å²) in [4.78, 5) is 22.8. The molecule has 6 heteroatoms. The number of hydrogen-bond acceptors (Lipinski definition) is 4. The molecule has 2 amide bonds. The molecule has 0 aliphatic rings. The second kappa shape index (κ2) is 7.41. The Labute approximate surface area is 106 Å². The van der Waals surface area contributed by atoms with Crippen LogP contribution in [0.25, 0.3) is 0 Å². The monoisotopic (exact) mass is 250 g/mol. The van der Waals surface area contributed by atoms with Crippen LogP contribution in [0.1, 0.15) is 12.5 Å². The first-order valence-electron chi connectivity index (χ1n) is 5.64. The summed E-state index contributed by atoms with van der Waals surface area (Å²) < 4.78 is 0. The molecule has 98 valence electrons. The molecule has 1 aromatic rings. The van der Waals surface area contributed by atoms with Gasteiger partial charge in [0.15, 0.2) is 6.17 Å². The van der Waals surface area contributed by atoms with Gasteiger partial charge in [-0.15, -0.1) is 0 Å². The van der Waals surface area contributed by atoms with Gasteiger partial charge in [-0.25, -0.2) is 5.43 Å². The highest BCUT2D eigenvalue weighted by Gasteiger charge is 2.17. The molecule has 0 aromatic heterocycles. The Kier molecular flexibility index (Phi) is 5.83. The Morgan fingerprint density at radius 1 is 1.22 bits per heavy atom. The molecule has 1 unspecified atom stereocenters. The molecule has 18 heavy (non-hydrogen) atoms. The first-order chi connectivity index (χ1) is 8.63. The van der Waals surface area contributed by atoms with E-state index in [4.69, 9.17) is 0 Å². The summed E-state index contributed by atoms with van der Waals surface area (Å²) >= 11 is 0. The Bertz CT molecular complexity index is 394. The Morgan fingerprint density at radius 2 is 1.89 bits per heavy atom. The SMILES string of the molecule is CNNC(NC(C)=O)C(=O)NCc1ccccc1. The van der Waals surface area contributed by atoms with Crippen LogP contribution in [-0.4, -0.2) is 25.0 Å². The van der Waals surface area contributed by atoms with Crippen molar-refractivity contribution < 1.29 is 9.59 Å². The van der Waals surface area contributed by atoms with Crippen molar-refractivity contribution in [2.75, 3.05) is 7.05 Å². The summed E-state index contributed by atoms with van der Waals surface area (Å²) in [6.07, 6.45) is -0.795. The summed E-state index contributed by atoms with van der Waals surface area (Å²) in [7, 11) is 1.62. The number of nitrogens with one attached hydrogen (secondary N) is 4. The predicted molar refractivity (Wildman–Crippen MR) is 68.1 cm³/mol. The third-order valence-electron chi connectivity index (χ3n) is 2.21. The Balaban J connectivity index is 2.48. The van der Waals surface area contributed by atoms with E-state index in [1.807, 2.05) is 30.3 Å². The standard InChI is InChI=1S/C12H18N4O2/c1-9(17)15-11(16-13-2)12(18)14-8-10-6-4-3-5-7-10/h3-7,11,13,16H,8H2,1-2H3,(H,14,18)(H,15,17). The van der Waals surface area contributed by atoms with Crippen LogP contribution >= 0.6 is 0 Å². The minimum atomic E-state index is -0.795. The fourth-order valence-electron chi connectivity index (χ4n) is 1.40. The first-order valence-corrected chi connectivity index (χ1v) is 5.64. The van der Waals surface area contributed by atoms with Crippen LogP contribution in [0.15, 0.2) is 30.3 Å². The molecule has 0 saturated carbocycles. The molecule has 0 aliphatic heterocycles. The minimum Gasteiger partial charge on any atom is -0.349 e. The van der Waals surface area contributed by atoms with Crippen LogP contribution < -0.4 is 21.5 Å². The Hall–Kier alpha value is -1.92. The maximum Gasteiger partial charge on any atom is 0.259 e. The highest BCUT2D eigenvalue weighted by Crippen LogP contribution is 1.97. The van der Waals surface area contributed by atoms with Gasteiger partial charge >= 0.3 is 0 Å². The molecular formula is C12H18N4O2. The number of carbonyl (C=O) groups excluding carboxylic acids is 2. The van der Waals surface area contributed by atoms with E-state index in [-0.39, 0.29) is 11.8 Å². The molecular weight excluding hydrogens is 232 g/mol. The fourth-order valence-corrected chi connectivity index (χ4v) is 1.40. The Morgan fingerprint density at radius 3 is 2.44 bits per heavy atom. The zero-order chi connectivity index (χ0) is 13.4. The first kappa shape index (κ1) is 14.1. The van der Waals surface area contributed by atoms with Crippen molar-refractivity contribution in [1.82, 2.24) is 21.5 Å². The van der Waals surface area contributed by atoms with Crippen molar-refractivity contribution in [2.24, 2.45) is 0 Å². The lowest BCUT2D eigenvalue weighted by Crippen LogP contribution is -2.57. The van der Waals surface area contributed by atoms with Gasteiger partial charge in [-0.2, -0.15) is 0 Å². The van der Waals surface area contributed by atoms with E-state index in [9.17, 15) is 9.59 Å². The minimum absolute atomic E-state index is 0.280. The van der Waals surface area contributed by atoms with Crippen LogP contribution in [-0.2, 0) is 16.1 Å². The molecule has 1 atom stereocenters. The van der Waals surface area contributed by atoms with E-state index in [1.165, 1.54) is 6.92 Å². The number of rotatable bonds is 6. The van der Waals surface area contributed by atoms with Gasteiger partial charge in [0.05, 0.1) is 0 Å². The number of benzene rings is 1. The number of carbonyl (C=O) groups is 2. The number of hydrogen-bond donors (Lipinski definition) is 4. The van der Waals surface area contributed by atoms with Crippen LogP contribution in [0.2, 0.25) is 0 Å². The maximum absolute atomic E-state index is 11.8. The average molecular weight is 250 g/mol. The maximum atomic E-state index is 11.8. The lowest BCUT2D eigenvalue weighted by Gasteiger charge is -2.18. The van der Waals surface area contributed by atoms with Crippen molar-refractivity contribution in [3.63, 3.8) is 0 Å². The molecule has 0 bridgehead atoms. The third kappa shape index (κ3) is 4.94. The molecule has 0 spiro atoms. The second-order valence-corrected chi connectivity index (χ2v) is 3.73. The summed E-state index contributed by atoms with van der Waals surface area (Å²) in [5.74, 6) is -0.582. The lowest BCUT2D eigenvalue weighted by molar-refractivity contribution is -0.129. The highest BCUT2D eigenvalue weighted by atomic mass is 16.2. The van der Waals surface area contributed by atoms with Gasteiger partial charge in [-0.1, -0.05) is 30.3 Å². The number of hydrazine groups is 1. The molecule has 0 radical (unpaired) electrons. The molecule has 4 N–H and O–H groups in total. The molecule has 0 saturated heterocycles. The van der Waals surface area contributed by atoms with Gasteiger partial charge in [-0.05, 0) is 12.6 Å². The molecule has 0 heterocycles. The van der Waals surface area contributed by atoms with Gasteiger partial charge in [0, 0.05) is 13.5 Å². The molecule has 6 nitrogen and oxygen atoms in total. The van der Waals surface area contributed by atoms with Crippen molar-refractivity contribution in [3.05, 3.63) is 35.9 Å². The van der Waals surface area contributed by atoms with Gasteiger partial charge < -0.3 is 10.6 Å². The smallest absolute Gasteiger partial charge is 0.259 e. The van der Waals surface area contributed by atoms with Crippen LogP contribution in [0.4, 0.5) is 0 Å². The van der Waals surface area contributed by atoms with Crippen molar-refractivity contribution in [1.29, 1.82) is 0 Å². The van der Waals surface area contributed by atoms with E-state index in [1.54, 1.807) is 7.05 Å². The van der Waals surface area contributed by atoms with Gasteiger partial charge in [0.2, 0.25) is 5.91 Å². The van der Waals surface area contributed by atoms with Crippen LogP contribution in [0.3, 0.4) is 0 Å². The van der Waals surface area contributed by atoms with Crippen molar-refractivity contribution >= 4 is 11.8 Å². The third-order valence-corrected chi connectivity index (χ3v) is 2.21. The average Bonchev–Trinajstić information content (AvgIpc) is 2.36. The summed E-state index contributed by atoms with van der Waals surface area (Å²) in [6, 6.07) is 9.55. The normalized spacial score (nSPS) is 11.7. The van der Waals surface area contributed by atoms with Gasteiger partial charge in [0.1, 0.15) is 0 Å². The summed E-state index contributed by atoms with van der Waals surface area (Å²) in [5.41, 5.74) is 6.28. The van der Waals surface area contributed by atoms with E-state index in [0.29, 0.717) is 6.54 Å². The summed E-state index contributed by atoms with van der Waals surface area (Å²) in [6.45, 7) is 1.77. The van der Waals surface area contributed by atoms with E-state index in [0.717, 1.165) is 5.56 Å². The molecule has 1 rings (SSSR count). The van der Waals surface area contributed by atoms with Crippen molar-refractivity contribution in [2.45, 2.75) is 19.6 Å². The topological polar surface area (TPSA) is 82.3 Å². The van der Waals surface area contributed by atoms with E-state index in [2.05, 4.69) is 21.5 Å². The van der Waals surface area contributed by atoms with Gasteiger partial charge in [0.25, 0.3) is 5.91 Å². The fraction of sp³-hybridized carbons (Fsp3) is 0.333. The number of amides is 2. The predicted octanol–water partition coefficient (Wildman–Crippen LogP) is -0.511.